The van der Waals surface area contributed by atoms with Crippen LogP contribution in [0.4, 0.5) is 4.39 Å². The highest BCUT2D eigenvalue weighted by molar-refractivity contribution is 9.10. The summed E-state index contributed by atoms with van der Waals surface area (Å²) in [6, 6.07) is 5.32. The van der Waals surface area contributed by atoms with E-state index in [0.717, 1.165) is 44.1 Å². The molecule has 110 valence electrons. The molecular formula is C16H22BrFN2. The third kappa shape index (κ3) is 3.07. The van der Waals surface area contributed by atoms with Crippen molar-refractivity contribution in [2.45, 2.75) is 38.3 Å². The molecule has 20 heavy (non-hydrogen) atoms. The molecule has 4 heteroatoms. The lowest BCUT2D eigenvalue weighted by molar-refractivity contribution is 0.194. The second-order valence-electron chi connectivity index (χ2n) is 6.40. The van der Waals surface area contributed by atoms with Crippen molar-refractivity contribution >= 4 is 15.9 Å². The summed E-state index contributed by atoms with van der Waals surface area (Å²) in [6.07, 6.45) is 3.86. The van der Waals surface area contributed by atoms with Gasteiger partial charge in [0.2, 0.25) is 0 Å². The highest BCUT2D eigenvalue weighted by Gasteiger charge is 2.42. The second kappa shape index (κ2) is 5.74. The Hall–Kier alpha value is -0.450. The molecule has 1 saturated heterocycles. The van der Waals surface area contributed by atoms with Crippen molar-refractivity contribution in [3.8, 4) is 0 Å². The van der Waals surface area contributed by atoms with Gasteiger partial charge in [-0.05, 0) is 72.8 Å². The zero-order chi connectivity index (χ0) is 14.2. The quantitative estimate of drug-likeness (QED) is 0.905. The number of rotatable bonds is 3. The summed E-state index contributed by atoms with van der Waals surface area (Å²) in [5, 5.41) is 3.73. The molecule has 2 aliphatic rings. The van der Waals surface area contributed by atoms with E-state index in [-0.39, 0.29) is 11.4 Å². The lowest BCUT2D eigenvalue weighted by Gasteiger charge is -2.34. The predicted molar refractivity (Wildman–Crippen MR) is 83.1 cm³/mol. The van der Waals surface area contributed by atoms with Gasteiger partial charge in [0.05, 0.1) is 4.47 Å². The van der Waals surface area contributed by atoms with E-state index in [9.17, 15) is 4.39 Å². The van der Waals surface area contributed by atoms with Gasteiger partial charge in [0, 0.05) is 18.6 Å². The monoisotopic (exact) mass is 340 g/mol. The van der Waals surface area contributed by atoms with Crippen molar-refractivity contribution in [2.75, 3.05) is 19.6 Å². The topological polar surface area (TPSA) is 15.3 Å². The van der Waals surface area contributed by atoms with E-state index < -0.39 is 0 Å². The number of hydrogen-bond donors (Lipinski definition) is 1. The lowest BCUT2D eigenvalue weighted by atomic mass is 9.95. The van der Waals surface area contributed by atoms with E-state index in [1.54, 1.807) is 6.07 Å². The van der Waals surface area contributed by atoms with E-state index in [1.165, 1.54) is 18.9 Å². The minimum absolute atomic E-state index is 0.166. The molecule has 2 fully saturated rings. The van der Waals surface area contributed by atoms with Gasteiger partial charge < -0.3 is 5.32 Å². The van der Waals surface area contributed by atoms with Gasteiger partial charge in [0.1, 0.15) is 5.82 Å². The van der Waals surface area contributed by atoms with Gasteiger partial charge in [-0.15, -0.1) is 0 Å². The Morgan fingerprint density at radius 3 is 3.00 bits per heavy atom. The van der Waals surface area contributed by atoms with Crippen LogP contribution in [0.3, 0.4) is 0 Å². The Morgan fingerprint density at radius 1 is 1.45 bits per heavy atom. The summed E-state index contributed by atoms with van der Waals surface area (Å²) < 4.78 is 14.2. The third-order valence-corrected chi connectivity index (χ3v) is 5.52. The van der Waals surface area contributed by atoms with Crippen LogP contribution < -0.4 is 5.32 Å². The number of nitrogens with zero attached hydrogens (tertiary/aromatic N) is 1. The Labute approximate surface area is 128 Å². The summed E-state index contributed by atoms with van der Waals surface area (Å²) in [7, 11) is 0. The van der Waals surface area contributed by atoms with Crippen molar-refractivity contribution in [1.29, 1.82) is 0 Å². The minimum atomic E-state index is -0.166. The van der Waals surface area contributed by atoms with Crippen LogP contribution in [0.2, 0.25) is 0 Å². The van der Waals surface area contributed by atoms with Crippen LogP contribution in [0.1, 0.15) is 31.7 Å². The summed E-state index contributed by atoms with van der Waals surface area (Å²) in [5.74, 6) is 0.652. The fourth-order valence-electron chi connectivity index (χ4n) is 3.32. The summed E-state index contributed by atoms with van der Waals surface area (Å²) in [6.45, 7) is 6.40. The molecular weight excluding hydrogens is 319 g/mol. The predicted octanol–water partition coefficient (Wildman–Crippen LogP) is 3.55. The summed E-state index contributed by atoms with van der Waals surface area (Å²) in [4.78, 5) is 2.47. The van der Waals surface area contributed by atoms with Gasteiger partial charge in [-0.1, -0.05) is 12.1 Å². The molecule has 1 atom stereocenters. The van der Waals surface area contributed by atoms with Gasteiger partial charge in [-0.2, -0.15) is 0 Å². The highest BCUT2D eigenvalue weighted by atomic mass is 79.9. The molecule has 0 aromatic heterocycles. The fourth-order valence-corrected chi connectivity index (χ4v) is 3.71. The van der Waals surface area contributed by atoms with Crippen LogP contribution in [0.15, 0.2) is 22.7 Å². The Balaban J connectivity index is 1.74. The molecule has 3 rings (SSSR count). The molecule has 1 aromatic rings. The molecule has 0 bridgehead atoms. The van der Waals surface area contributed by atoms with Crippen molar-refractivity contribution in [2.24, 2.45) is 5.92 Å². The summed E-state index contributed by atoms with van der Waals surface area (Å²) >= 11 is 3.38. The van der Waals surface area contributed by atoms with Gasteiger partial charge in [-0.3, -0.25) is 4.90 Å². The molecule has 1 saturated carbocycles. The van der Waals surface area contributed by atoms with E-state index in [2.05, 4.69) is 33.1 Å². The van der Waals surface area contributed by atoms with Gasteiger partial charge >= 0.3 is 0 Å². The molecule has 1 aromatic carbocycles. The average Bonchev–Trinajstić information content (AvgIpc) is 3.23. The maximum Gasteiger partial charge on any atom is 0.137 e. The molecule has 2 nitrogen and oxygen atoms in total. The van der Waals surface area contributed by atoms with E-state index in [0.29, 0.717) is 4.47 Å². The van der Waals surface area contributed by atoms with E-state index in [4.69, 9.17) is 0 Å². The van der Waals surface area contributed by atoms with Crippen molar-refractivity contribution in [1.82, 2.24) is 10.2 Å². The van der Waals surface area contributed by atoms with Crippen molar-refractivity contribution in [3.05, 3.63) is 34.1 Å². The third-order valence-electron chi connectivity index (χ3n) is 4.64. The SMILES string of the molecule is CC1(C2CC2)CN(Cc2cccc(F)c2Br)CCCN1. The first kappa shape index (κ1) is 14.5. The van der Waals surface area contributed by atoms with Crippen LogP contribution in [0.5, 0.6) is 0 Å². The van der Waals surface area contributed by atoms with Crippen molar-refractivity contribution in [3.63, 3.8) is 0 Å². The first-order chi connectivity index (χ1) is 9.58. The molecule has 0 spiro atoms. The highest BCUT2D eigenvalue weighted by Crippen LogP contribution is 2.40. The molecule has 1 aliphatic heterocycles. The van der Waals surface area contributed by atoms with E-state index in [1.807, 2.05) is 6.07 Å². The first-order valence-corrected chi connectivity index (χ1v) is 8.28. The van der Waals surface area contributed by atoms with Crippen LogP contribution >= 0.6 is 15.9 Å². The maximum atomic E-state index is 13.6. The normalized spacial score (nSPS) is 28.4. The standard InChI is InChI=1S/C16H22BrFN2/c1-16(13-6-7-13)11-20(9-3-8-19-16)10-12-4-2-5-14(18)15(12)17/h2,4-5,13,19H,3,6-11H2,1H3. The largest absolute Gasteiger partial charge is 0.310 e. The molecule has 1 unspecified atom stereocenters. The maximum absolute atomic E-state index is 13.6. The van der Waals surface area contributed by atoms with Crippen LogP contribution in [0, 0.1) is 11.7 Å². The van der Waals surface area contributed by atoms with Gasteiger partial charge in [0.25, 0.3) is 0 Å². The molecule has 1 heterocycles. The zero-order valence-corrected chi connectivity index (χ0v) is 13.5. The Kier molecular flexibility index (Phi) is 4.16. The number of nitrogens with one attached hydrogen (secondary N) is 1. The fraction of sp³-hybridized carbons (Fsp3) is 0.625. The Morgan fingerprint density at radius 2 is 2.25 bits per heavy atom. The van der Waals surface area contributed by atoms with Crippen molar-refractivity contribution < 1.29 is 4.39 Å². The molecule has 0 amide bonds. The molecule has 1 aliphatic carbocycles. The smallest absolute Gasteiger partial charge is 0.137 e. The number of halogens is 2. The zero-order valence-electron chi connectivity index (χ0n) is 12.0. The van der Waals surface area contributed by atoms with Crippen LogP contribution in [-0.2, 0) is 6.54 Å². The number of benzene rings is 1. The van der Waals surface area contributed by atoms with Crippen LogP contribution in [0.25, 0.3) is 0 Å². The average molecular weight is 341 g/mol. The lowest BCUT2D eigenvalue weighted by Crippen LogP contribution is -2.50. The first-order valence-electron chi connectivity index (χ1n) is 7.49. The van der Waals surface area contributed by atoms with Gasteiger partial charge in [0.15, 0.2) is 0 Å². The van der Waals surface area contributed by atoms with E-state index >= 15 is 0 Å². The summed E-state index contributed by atoms with van der Waals surface area (Å²) in [5.41, 5.74) is 1.28. The second-order valence-corrected chi connectivity index (χ2v) is 7.19. The minimum Gasteiger partial charge on any atom is -0.310 e. The van der Waals surface area contributed by atoms with Crippen LogP contribution in [-0.4, -0.2) is 30.1 Å². The Bertz CT molecular complexity index is 489. The molecule has 1 N–H and O–H groups in total. The molecule has 0 radical (unpaired) electrons. The number of hydrogen-bond acceptors (Lipinski definition) is 2. The van der Waals surface area contributed by atoms with Gasteiger partial charge in [-0.25, -0.2) is 4.39 Å².